The molecule has 0 bridgehead atoms. The van der Waals surface area contributed by atoms with E-state index < -0.39 is 0 Å². The lowest BCUT2D eigenvalue weighted by atomic mass is 9.86. The van der Waals surface area contributed by atoms with Crippen molar-refractivity contribution >= 4 is 11.6 Å². The van der Waals surface area contributed by atoms with Crippen LogP contribution in [-0.4, -0.2) is 12.5 Å². The fraction of sp³-hybridized carbons (Fsp3) is 0.611. The van der Waals surface area contributed by atoms with E-state index in [9.17, 15) is 4.79 Å². The number of hydrogen-bond acceptors (Lipinski definition) is 2. The Bertz CT molecular complexity index is 439. The van der Waals surface area contributed by atoms with Gasteiger partial charge in [-0.1, -0.05) is 51.2 Å². The maximum atomic E-state index is 12.1. The van der Waals surface area contributed by atoms with E-state index in [0.29, 0.717) is 6.42 Å². The third-order valence-corrected chi connectivity index (χ3v) is 4.29. The number of amides is 1. The van der Waals surface area contributed by atoms with Crippen molar-refractivity contribution in [3.8, 4) is 0 Å². The second kappa shape index (κ2) is 8.83. The van der Waals surface area contributed by atoms with Gasteiger partial charge in [0.05, 0.1) is 0 Å². The van der Waals surface area contributed by atoms with Crippen molar-refractivity contribution in [2.75, 3.05) is 11.9 Å². The minimum Gasteiger partial charge on any atom is -0.326 e. The van der Waals surface area contributed by atoms with Crippen LogP contribution in [-0.2, 0) is 11.3 Å². The summed E-state index contributed by atoms with van der Waals surface area (Å²) in [6, 6.07) is 8.11. The van der Waals surface area contributed by atoms with E-state index in [0.717, 1.165) is 31.1 Å². The van der Waals surface area contributed by atoms with E-state index in [-0.39, 0.29) is 5.91 Å². The molecule has 116 valence electrons. The van der Waals surface area contributed by atoms with Gasteiger partial charge in [-0.15, -0.1) is 0 Å². The second-order valence-corrected chi connectivity index (χ2v) is 6.07. The molecule has 1 aliphatic carbocycles. The maximum Gasteiger partial charge on any atom is 0.224 e. The lowest BCUT2D eigenvalue weighted by molar-refractivity contribution is -0.116. The van der Waals surface area contributed by atoms with E-state index in [2.05, 4.69) is 29.7 Å². The topological polar surface area (TPSA) is 41.1 Å². The first-order chi connectivity index (χ1) is 10.3. The average molecular weight is 288 g/mol. The fourth-order valence-electron chi connectivity index (χ4n) is 3.06. The molecule has 3 nitrogen and oxygen atoms in total. The van der Waals surface area contributed by atoms with Crippen molar-refractivity contribution in [1.82, 2.24) is 5.32 Å². The van der Waals surface area contributed by atoms with Crippen LogP contribution >= 0.6 is 0 Å². The summed E-state index contributed by atoms with van der Waals surface area (Å²) in [5, 5.41) is 6.33. The molecule has 0 aliphatic heterocycles. The average Bonchev–Trinajstić information content (AvgIpc) is 2.52. The normalized spacial score (nSPS) is 15.9. The Morgan fingerprint density at radius 3 is 2.81 bits per heavy atom. The van der Waals surface area contributed by atoms with Gasteiger partial charge in [0.1, 0.15) is 0 Å². The zero-order chi connectivity index (χ0) is 14.9. The van der Waals surface area contributed by atoms with Crippen molar-refractivity contribution < 1.29 is 4.79 Å². The SMILES string of the molecule is CCNCc1cccc(NC(=O)CCC2CCCCC2)c1. The molecule has 0 atom stereocenters. The Morgan fingerprint density at radius 1 is 1.24 bits per heavy atom. The Hall–Kier alpha value is -1.35. The molecular weight excluding hydrogens is 260 g/mol. The molecular formula is C18H28N2O. The first-order valence-corrected chi connectivity index (χ1v) is 8.37. The number of carbonyl (C=O) groups is 1. The molecule has 1 aliphatic rings. The standard InChI is InChI=1S/C18H28N2O/c1-2-19-14-16-9-6-10-17(13-16)20-18(21)12-11-15-7-4-3-5-8-15/h6,9-10,13,15,19H,2-5,7-8,11-12,14H2,1H3,(H,20,21). The van der Waals surface area contributed by atoms with Gasteiger partial charge < -0.3 is 10.6 Å². The zero-order valence-corrected chi connectivity index (χ0v) is 13.2. The molecule has 1 saturated carbocycles. The number of hydrogen-bond donors (Lipinski definition) is 2. The lowest BCUT2D eigenvalue weighted by Crippen LogP contribution is -2.15. The molecule has 0 heterocycles. The molecule has 2 rings (SSSR count). The summed E-state index contributed by atoms with van der Waals surface area (Å²) in [5.74, 6) is 0.922. The van der Waals surface area contributed by atoms with Gasteiger partial charge in [0, 0.05) is 18.7 Å². The first kappa shape index (κ1) is 16.0. The van der Waals surface area contributed by atoms with Gasteiger partial charge in [0.15, 0.2) is 0 Å². The van der Waals surface area contributed by atoms with Gasteiger partial charge in [-0.25, -0.2) is 0 Å². The zero-order valence-electron chi connectivity index (χ0n) is 13.2. The molecule has 0 saturated heterocycles. The Kier molecular flexibility index (Phi) is 6.74. The largest absolute Gasteiger partial charge is 0.326 e. The number of carbonyl (C=O) groups excluding carboxylic acids is 1. The van der Waals surface area contributed by atoms with Crippen LogP contribution in [0, 0.1) is 5.92 Å². The van der Waals surface area contributed by atoms with Crippen molar-refractivity contribution in [2.24, 2.45) is 5.92 Å². The van der Waals surface area contributed by atoms with Gasteiger partial charge in [-0.3, -0.25) is 4.79 Å². The minimum atomic E-state index is 0.154. The Morgan fingerprint density at radius 2 is 2.05 bits per heavy atom. The molecule has 1 aromatic rings. The van der Waals surface area contributed by atoms with Crippen LogP contribution in [0.3, 0.4) is 0 Å². The highest BCUT2D eigenvalue weighted by Gasteiger charge is 2.14. The van der Waals surface area contributed by atoms with Gasteiger partial charge in [-0.05, 0) is 36.6 Å². The molecule has 21 heavy (non-hydrogen) atoms. The summed E-state index contributed by atoms with van der Waals surface area (Å²) in [6.45, 7) is 3.90. The highest BCUT2D eigenvalue weighted by molar-refractivity contribution is 5.90. The summed E-state index contributed by atoms with van der Waals surface area (Å²) < 4.78 is 0. The van der Waals surface area contributed by atoms with E-state index >= 15 is 0 Å². The monoisotopic (exact) mass is 288 g/mol. The predicted molar refractivity (Wildman–Crippen MR) is 88.3 cm³/mol. The van der Waals surface area contributed by atoms with Crippen molar-refractivity contribution in [3.05, 3.63) is 29.8 Å². The van der Waals surface area contributed by atoms with Gasteiger partial charge in [-0.2, -0.15) is 0 Å². The van der Waals surface area contributed by atoms with Gasteiger partial charge in [0.2, 0.25) is 5.91 Å². The summed E-state index contributed by atoms with van der Waals surface area (Å²) in [5.41, 5.74) is 2.13. The molecule has 0 unspecified atom stereocenters. The van der Waals surface area contributed by atoms with E-state index in [4.69, 9.17) is 0 Å². The summed E-state index contributed by atoms with van der Waals surface area (Å²) in [6.07, 6.45) is 8.39. The molecule has 0 radical (unpaired) electrons. The molecule has 0 spiro atoms. The van der Waals surface area contributed by atoms with Crippen LogP contribution in [0.25, 0.3) is 0 Å². The van der Waals surface area contributed by atoms with Crippen molar-refractivity contribution in [1.29, 1.82) is 0 Å². The van der Waals surface area contributed by atoms with Crippen molar-refractivity contribution in [3.63, 3.8) is 0 Å². The number of anilines is 1. The van der Waals surface area contributed by atoms with Crippen LogP contribution in [0.5, 0.6) is 0 Å². The summed E-state index contributed by atoms with van der Waals surface area (Å²) in [7, 11) is 0. The smallest absolute Gasteiger partial charge is 0.224 e. The van der Waals surface area contributed by atoms with Crippen LogP contribution in [0.15, 0.2) is 24.3 Å². The molecule has 1 aromatic carbocycles. The van der Waals surface area contributed by atoms with Crippen LogP contribution < -0.4 is 10.6 Å². The number of rotatable bonds is 7. The number of benzene rings is 1. The fourth-order valence-corrected chi connectivity index (χ4v) is 3.06. The molecule has 1 amide bonds. The van der Waals surface area contributed by atoms with E-state index in [1.54, 1.807) is 0 Å². The van der Waals surface area contributed by atoms with Crippen LogP contribution in [0.1, 0.15) is 57.4 Å². The minimum absolute atomic E-state index is 0.154. The van der Waals surface area contributed by atoms with Gasteiger partial charge in [0.25, 0.3) is 0 Å². The van der Waals surface area contributed by atoms with E-state index in [1.807, 2.05) is 12.1 Å². The Labute approximate surface area is 128 Å². The Balaban J connectivity index is 1.76. The predicted octanol–water partition coefficient (Wildman–Crippen LogP) is 4.10. The maximum absolute atomic E-state index is 12.1. The van der Waals surface area contributed by atoms with Crippen molar-refractivity contribution in [2.45, 2.75) is 58.4 Å². The third kappa shape index (κ3) is 5.88. The summed E-state index contributed by atoms with van der Waals surface area (Å²) in [4.78, 5) is 12.1. The van der Waals surface area contributed by atoms with E-state index in [1.165, 1.54) is 37.7 Å². The molecule has 2 N–H and O–H groups in total. The highest BCUT2D eigenvalue weighted by Crippen LogP contribution is 2.27. The molecule has 3 heteroatoms. The quantitative estimate of drug-likeness (QED) is 0.793. The molecule has 0 aromatic heterocycles. The summed E-state index contributed by atoms with van der Waals surface area (Å²) >= 11 is 0. The number of nitrogens with one attached hydrogen (secondary N) is 2. The van der Waals surface area contributed by atoms with Crippen LogP contribution in [0.4, 0.5) is 5.69 Å². The lowest BCUT2D eigenvalue weighted by Gasteiger charge is -2.21. The third-order valence-electron chi connectivity index (χ3n) is 4.29. The molecule has 1 fully saturated rings. The van der Waals surface area contributed by atoms with Crippen LogP contribution in [0.2, 0.25) is 0 Å². The van der Waals surface area contributed by atoms with Gasteiger partial charge >= 0.3 is 0 Å². The second-order valence-electron chi connectivity index (χ2n) is 6.07. The first-order valence-electron chi connectivity index (χ1n) is 8.37. The highest BCUT2D eigenvalue weighted by atomic mass is 16.1.